The number of benzene rings is 1. The number of hydrogen-bond donors (Lipinski definition) is 0. The fourth-order valence-corrected chi connectivity index (χ4v) is 6.39. The van der Waals surface area contributed by atoms with Gasteiger partial charge in [-0.3, -0.25) is 9.10 Å². The van der Waals surface area contributed by atoms with Crippen molar-refractivity contribution in [3.05, 3.63) is 69.9 Å². The molecule has 27 heavy (non-hydrogen) atoms. The normalized spacial score (nSPS) is 24.3. The maximum Gasteiger partial charge on any atom is 0.244 e. The van der Waals surface area contributed by atoms with Crippen LogP contribution in [0, 0.1) is 0 Å². The summed E-state index contributed by atoms with van der Waals surface area (Å²) in [6, 6.07) is 11.0. The van der Waals surface area contributed by atoms with Gasteiger partial charge in [-0.2, -0.15) is 0 Å². The molecular formula is C21H21NO3S2. The number of anilines is 1. The largest absolute Gasteiger partial charge is 0.294 e. The molecule has 2 aromatic rings. The van der Waals surface area contributed by atoms with Gasteiger partial charge in [0.1, 0.15) is 4.75 Å². The first-order chi connectivity index (χ1) is 12.9. The lowest BCUT2D eigenvalue weighted by Crippen LogP contribution is -2.49. The Morgan fingerprint density at radius 1 is 1.19 bits per heavy atom. The van der Waals surface area contributed by atoms with Crippen molar-refractivity contribution >= 4 is 38.9 Å². The second kappa shape index (κ2) is 6.77. The van der Waals surface area contributed by atoms with Gasteiger partial charge in [-0.25, -0.2) is 8.42 Å². The highest BCUT2D eigenvalue weighted by Crippen LogP contribution is 2.40. The van der Waals surface area contributed by atoms with E-state index in [2.05, 4.69) is 6.08 Å². The molecule has 0 radical (unpaired) electrons. The van der Waals surface area contributed by atoms with Crippen LogP contribution < -0.4 is 4.31 Å². The molecule has 1 aliphatic carbocycles. The minimum absolute atomic E-state index is 0.000306. The third kappa shape index (κ3) is 3.17. The number of allylic oxidation sites excluding steroid dienone is 2. The molecule has 0 saturated carbocycles. The number of fused-ring (bicyclic) bond motifs is 1. The molecule has 2 aliphatic rings. The molecule has 1 aromatic heterocycles. The molecule has 1 unspecified atom stereocenters. The van der Waals surface area contributed by atoms with Gasteiger partial charge in [-0.05, 0) is 49.4 Å². The van der Waals surface area contributed by atoms with Gasteiger partial charge in [0.2, 0.25) is 10.0 Å². The number of carbonyl (C=O) groups excluding carboxylic acids is 1. The van der Waals surface area contributed by atoms with Gasteiger partial charge in [-0.1, -0.05) is 35.9 Å². The summed E-state index contributed by atoms with van der Waals surface area (Å²) in [6.45, 7) is 1.98. The van der Waals surface area contributed by atoms with Crippen molar-refractivity contribution in [1.82, 2.24) is 0 Å². The van der Waals surface area contributed by atoms with E-state index in [0.717, 1.165) is 16.9 Å². The van der Waals surface area contributed by atoms with Gasteiger partial charge in [0.05, 0.1) is 5.69 Å². The zero-order chi connectivity index (χ0) is 19.1. The van der Waals surface area contributed by atoms with E-state index in [1.54, 1.807) is 42.5 Å². The van der Waals surface area contributed by atoms with E-state index in [1.807, 2.05) is 29.7 Å². The van der Waals surface area contributed by atoms with E-state index in [0.29, 0.717) is 17.7 Å². The second-order valence-corrected chi connectivity index (χ2v) is 10.5. The minimum Gasteiger partial charge on any atom is -0.294 e. The van der Waals surface area contributed by atoms with Crippen LogP contribution in [0.1, 0.15) is 41.4 Å². The third-order valence-corrected chi connectivity index (χ3v) is 8.45. The molecule has 4 nitrogen and oxygen atoms in total. The van der Waals surface area contributed by atoms with E-state index in [-0.39, 0.29) is 18.7 Å². The van der Waals surface area contributed by atoms with Crippen LogP contribution in [0.3, 0.4) is 0 Å². The Balaban J connectivity index is 1.71. The van der Waals surface area contributed by atoms with Crippen molar-refractivity contribution in [1.29, 1.82) is 0 Å². The number of para-hydroxylation sites is 1. The Labute approximate surface area is 163 Å². The molecule has 4 rings (SSSR count). The summed E-state index contributed by atoms with van der Waals surface area (Å²) in [7, 11) is -3.68. The molecule has 0 amide bonds. The number of sulfonamides is 1. The summed E-state index contributed by atoms with van der Waals surface area (Å²) < 4.78 is 27.6. The second-order valence-electron chi connectivity index (χ2n) is 7.18. The Kier molecular flexibility index (Phi) is 4.56. The van der Waals surface area contributed by atoms with Crippen molar-refractivity contribution in [2.45, 2.75) is 30.9 Å². The molecule has 0 fully saturated rings. The number of Topliss-reactive ketones (excluding diaryl/α,β-unsaturated/α-hetero) is 1. The molecule has 0 saturated heterocycles. The summed E-state index contributed by atoms with van der Waals surface area (Å²) in [5.41, 5.74) is 2.09. The maximum atomic E-state index is 13.6. The Bertz CT molecular complexity index is 1040. The molecule has 140 valence electrons. The zero-order valence-corrected chi connectivity index (χ0v) is 16.7. The number of rotatable bonds is 3. The first-order valence-electron chi connectivity index (χ1n) is 8.96. The number of ketones is 1. The van der Waals surface area contributed by atoms with E-state index in [9.17, 15) is 13.2 Å². The lowest BCUT2D eigenvalue weighted by molar-refractivity contribution is 0.0982. The topological polar surface area (TPSA) is 54.5 Å². The van der Waals surface area contributed by atoms with Gasteiger partial charge in [0.15, 0.2) is 5.78 Å². The number of hydrogen-bond acceptors (Lipinski definition) is 4. The summed E-state index contributed by atoms with van der Waals surface area (Å²) in [6.07, 6.45) is 7.28. The van der Waals surface area contributed by atoms with E-state index < -0.39 is 14.8 Å². The number of nitrogens with zero attached hydrogens (tertiary/aromatic N) is 1. The molecule has 1 aliphatic heterocycles. The maximum absolute atomic E-state index is 13.6. The first-order valence-corrected chi connectivity index (χ1v) is 11.3. The average Bonchev–Trinajstić information content (AvgIpc) is 3.15. The van der Waals surface area contributed by atoms with Crippen molar-refractivity contribution in [3.8, 4) is 0 Å². The minimum atomic E-state index is -3.68. The fraction of sp³-hybridized carbons (Fsp3) is 0.286. The van der Waals surface area contributed by atoms with Crippen molar-refractivity contribution in [2.24, 2.45) is 0 Å². The molecular weight excluding hydrogens is 378 g/mol. The molecule has 6 heteroatoms. The Hall–Kier alpha value is -2.18. The summed E-state index contributed by atoms with van der Waals surface area (Å²) in [5, 5.41) is 2.02. The van der Waals surface area contributed by atoms with Crippen LogP contribution in [0.4, 0.5) is 5.69 Å². The number of thiophene rings is 1. The lowest BCUT2D eigenvalue weighted by atomic mass is 9.91. The van der Waals surface area contributed by atoms with Crippen LogP contribution >= 0.6 is 11.3 Å². The van der Waals surface area contributed by atoms with Crippen LogP contribution in [-0.4, -0.2) is 25.5 Å². The van der Waals surface area contributed by atoms with Crippen molar-refractivity contribution in [3.63, 3.8) is 0 Å². The van der Waals surface area contributed by atoms with Crippen LogP contribution in [0.5, 0.6) is 0 Å². The zero-order valence-electron chi connectivity index (χ0n) is 15.1. The van der Waals surface area contributed by atoms with Gasteiger partial charge < -0.3 is 0 Å². The highest BCUT2D eigenvalue weighted by atomic mass is 32.2. The van der Waals surface area contributed by atoms with Gasteiger partial charge in [0, 0.05) is 23.4 Å². The van der Waals surface area contributed by atoms with Crippen molar-refractivity contribution < 1.29 is 13.2 Å². The van der Waals surface area contributed by atoms with E-state index >= 15 is 0 Å². The Morgan fingerprint density at radius 3 is 2.78 bits per heavy atom. The third-order valence-electron chi connectivity index (χ3n) is 5.21. The molecule has 0 spiro atoms. The van der Waals surface area contributed by atoms with Gasteiger partial charge >= 0.3 is 0 Å². The molecule has 0 bridgehead atoms. The van der Waals surface area contributed by atoms with Crippen LogP contribution in [-0.2, 0) is 10.0 Å². The standard InChI is InChI=1S/C21H21NO3S2/c1-21(11-4-6-16(15-21)14-17-7-5-13-26-17)27(24,25)22-12-10-20(23)18-8-2-3-9-19(18)22/h2-5,7-9,11,13-14H,6,10,12,15H2,1H3/b16-14+. The highest BCUT2D eigenvalue weighted by Gasteiger charge is 2.45. The predicted molar refractivity (Wildman–Crippen MR) is 111 cm³/mol. The van der Waals surface area contributed by atoms with Crippen LogP contribution in [0.2, 0.25) is 0 Å². The molecule has 0 N–H and O–H groups in total. The predicted octanol–water partition coefficient (Wildman–Crippen LogP) is 4.66. The van der Waals surface area contributed by atoms with Gasteiger partial charge in [0.25, 0.3) is 0 Å². The van der Waals surface area contributed by atoms with Gasteiger partial charge in [-0.15, -0.1) is 11.3 Å². The van der Waals surface area contributed by atoms with E-state index in [1.165, 1.54) is 4.31 Å². The van der Waals surface area contributed by atoms with Crippen LogP contribution in [0.15, 0.2) is 59.5 Å². The summed E-state index contributed by atoms with van der Waals surface area (Å²) >= 11 is 1.65. The smallest absolute Gasteiger partial charge is 0.244 e. The fourth-order valence-electron chi connectivity index (χ4n) is 3.79. The average molecular weight is 400 g/mol. The van der Waals surface area contributed by atoms with Crippen LogP contribution in [0.25, 0.3) is 6.08 Å². The first kappa shape index (κ1) is 18.2. The summed E-state index contributed by atoms with van der Waals surface area (Å²) in [4.78, 5) is 13.3. The molecule has 2 heterocycles. The highest BCUT2D eigenvalue weighted by molar-refractivity contribution is 7.94. The van der Waals surface area contributed by atoms with Crippen molar-refractivity contribution in [2.75, 3.05) is 10.8 Å². The van der Waals surface area contributed by atoms with E-state index in [4.69, 9.17) is 0 Å². The lowest BCUT2D eigenvalue weighted by Gasteiger charge is -2.38. The monoisotopic (exact) mass is 399 g/mol. The quantitative estimate of drug-likeness (QED) is 0.705. The molecule has 1 aromatic carbocycles. The molecule has 1 atom stereocenters. The number of carbonyl (C=O) groups is 1. The Morgan fingerprint density at radius 2 is 2.00 bits per heavy atom. The summed E-state index contributed by atoms with van der Waals surface area (Å²) in [5.74, 6) is -0.000306. The SMILES string of the molecule is CC1(S(=O)(=O)N2CCC(=O)c3ccccc32)C=CC/C(=C\c2cccs2)C1.